The molecule has 7 aromatic carbocycles. The number of hydrogen-bond donors (Lipinski definition) is 0. The zero-order valence-electron chi connectivity index (χ0n) is 27.9. The van der Waals surface area contributed by atoms with Gasteiger partial charge in [0.2, 0.25) is 11.8 Å². The molecular formula is C46H29N5O. The van der Waals surface area contributed by atoms with Crippen LogP contribution < -0.4 is 0 Å². The zero-order chi connectivity index (χ0) is 34.4. The van der Waals surface area contributed by atoms with Gasteiger partial charge < -0.3 is 4.42 Å². The lowest BCUT2D eigenvalue weighted by Crippen LogP contribution is -2.06. The van der Waals surface area contributed by atoms with Crippen molar-refractivity contribution in [2.45, 2.75) is 0 Å². The smallest absolute Gasteiger partial charge is 0.238 e. The van der Waals surface area contributed by atoms with Crippen molar-refractivity contribution in [2.24, 2.45) is 0 Å². The Morgan fingerprint density at radius 1 is 0.404 bits per heavy atom. The number of para-hydroxylation sites is 1. The molecular weight excluding hydrogens is 639 g/mol. The molecule has 0 atom stereocenters. The normalized spacial score (nSPS) is 11.5. The number of fused-ring (bicyclic) bond motifs is 4. The van der Waals surface area contributed by atoms with Gasteiger partial charge in [0.05, 0.1) is 11.0 Å². The molecule has 10 aromatic rings. The average molecular weight is 668 g/mol. The van der Waals surface area contributed by atoms with E-state index >= 15 is 0 Å². The fourth-order valence-electron chi connectivity index (χ4n) is 7.03. The molecule has 52 heavy (non-hydrogen) atoms. The van der Waals surface area contributed by atoms with Crippen molar-refractivity contribution in [3.8, 4) is 62.4 Å². The first-order valence-corrected chi connectivity index (χ1v) is 17.2. The van der Waals surface area contributed by atoms with Crippen LogP contribution in [0, 0.1) is 0 Å². The van der Waals surface area contributed by atoms with Gasteiger partial charge in [-0.1, -0.05) is 133 Å². The van der Waals surface area contributed by atoms with Crippen molar-refractivity contribution in [3.05, 3.63) is 176 Å². The topological polar surface area (TPSA) is 69.6 Å². The lowest BCUT2D eigenvalue weighted by Gasteiger charge is -2.11. The molecule has 0 aliphatic heterocycles. The van der Waals surface area contributed by atoms with Crippen LogP contribution in [-0.4, -0.2) is 24.5 Å². The van der Waals surface area contributed by atoms with Crippen LogP contribution in [-0.2, 0) is 0 Å². The van der Waals surface area contributed by atoms with E-state index in [0.29, 0.717) is 29.1 Å². The predicted octanol–water partition coefficient (Wildman–Crippen LogP) is 11.4. The summed E-state index contributed by atoms with van der Waals surface area (Å²) >= 11 is 0. The molecule has 0 aliphatic rings. The summed E-state index contributed by atoms with van der Waals surface area (Å²) in [6.07, 6.45) is 0. The highest BCUT2D eigenvalue weighted by Gasteiger charge is 2.20. The molecule has 0 bridgehead atoms. The van der Waals surface area contributed by atoms with Gasteiger partial charge in [-0.05, 0) is 64.7 Å². The van der Waals surface area contributed by atoms with Gasteiger partial charge in [-0.25, -0.2) is 9.97 Å². The minimum atomic E-state index is 0.534. The Morgan fingerprint density at radius 3 is 1.73 bits per heavy atom. The van der Waals surface area contributed by atoms with Crippen LogP contribution in [0.25, 0.3) is 95.3 Å². The molecule has 6 heteroatoms. The SMILES string of the molecule is c1ccc(-c2ccc(-c3nc(-c4ccc5nc(-c6ccccc6)oc5c4)nc(-n4c5ccccc5c5c(-c6ccccc6)cccc54)n3)cc2)cc1. The quantitative estimate of drug-likeness (QED) is 0.176. The molecule has 0 unspecified atom stereocenters. The summed E-state index contributed by atoms with van der Waals surface area (Å²) in [6.45, 7) is 0. The van der Waals surface area contributed by atoms with Crippen LogP contribution in [0.1, 0.15) is 0 Å². The van der Waals surface area contributed by atoms with E-state index in [1.165, 1.54) is 0 Å². The molecule has 0 fully saturated rings. The zero-order valence-corrected chi connectivity index (χ0v) is 27.9. The van der Waals surface area contributed by atoms with Gasteiger partial charge in [0.1, 0.15) is 5.52 Å². The van der Waals surface area contributed by atoms with Gasteiger partial charge in [0.25, 0.3) is 0 Å². The van der Waals surface area contributed by atoms with E-state index in [4.69, 9.17) is 24.4 Å². The maximum absolute atomic E-state index is 6.27. The molecule has 0 saturated heterocycles. The average Bonchev–Trinajstić information content (AvgIpc) is 3.81. The summed E-state index contributed by atoms with van der Waals surface area (Å²) in [6, 6.07) is 60.0. The first-order valence-electron chi connectivity index (χ1n) is 17.2. The number of nitrogens with zero attached hydrogens (tertiary/aromatic N) is 5. The first-order chi connectivity index (χ1) is 25.8. The number of benzene rings is 7. The van der Waals surface area contributed by atoms with Gasteiger partial charge in [-0.2, -0.15) is 9.97 Å². The third-order valence-corrected chi connectivity index (χ3v) is 9.52. The maximum atomic E-state index is 6.27. The van der Waals surface area contributed by atoms with Gasteiger partial charge in [0, 0.05) is 27.5 Å². The third kappa shape index (κ3) is 5.13. The first kappa shape index (κ1) is 29.7. The number of hydrogen-bond acceptors (Lipinski definition) is 5. The Labute approximate surface area is 299 Å². The highest BCUT2D eigenvalue weighted by molar-refractivity contribution is 6.15. The fourth-order valence-corrected chi connectivity index (χ4v) is 7.03. The van der Waals surface area contributed by atoms with Gasteiger partial charge in [0.15, 0.2) is 17.2 Å². The van der Waals surface area contributed by atoms with Crippen molar-refractivity contribution in [2.75, 3.05) is 0 Å². The van der Waals surface area contributed by atoms with E-state index in [9.17, 15) is 0 Å². The van der Waals surface area contributed by atoms with Crippen molar-refractivity contribution >= 4 is 32.9 Å². The second-order valence-electron chi connectivity index (χ2n) is 12.7. The van der Waals surface area contributed by atoms with Crippen molar-refractivity contribution in [1.82, 2.24) is 24.5 Å². The van der Waals surface area contributed by atoms with E-state index in [1.54, 1.807) is 0 Å². The number of aromatic nitrogens is 5. The fraction of sp³-hybridized carbons (Fsp3) is 0. The monoisotopic (exact) mass is 667 g/mol. The van der Waals surface area contributed by atoms with Crippen LogP contribution in [0.15, 0.2) is 180 Å². The molecule has 0 saturated carbocycles. The van der Waals surface area contributed by atoms with Gasteiger partial charge in [-0.15, -0.1) is 0 Å². The molecule has 3 aromatic heterocycles. The summed E-state index contributed by atoms with van der Waals surface area (Å²) in [5, 5.41) is 2.28. The minimum absolute atomic E-state index is 0.534. The van der Waals surface area contributed by atoms with E-state index < -0.39 is 0 Å². The van der Waals surface area contributed by atoms with E-state index in [0.717, 1.165) is 66.3 Å². The molecule has 0 spiro atoms. The second kappa shape index (κ2) is 12.3. The molecule has 6 nitrogen and oxygen atoms in total. The van der Waals surface area contributed by atoms with E-state index in [1.807, 2.05) is 60.7 Å². The van der Waals surface area contributed by atoms with Crippen LogP contribution in [0.4, 0.5) is 0 Å². The summed E-state index contributed by atoms with van der Waals surface area (Å²) < 4.78 is 8.43. The Kier molecular flexibility index (Phi) is 7.03. The molecule has 0 radical (unpaired) electrons. The van der Waals surface area contributed by atoms with Crippen LogP contribution >= 0.6 is 0 Å². The largest absolute Gasteiger partial charge is 0.436 e. The van der Waals surface area contributed by atoms with Crippen LogP contribution in [0.2, 0.25) is 0 Å². The molecule has 0 amide bonds. The highest BCUT2D eigenvalue weighted by Crippen LogP contribution is 2.38. The lowest BCUT2D eigenvalue weighted by molar-refractivity contribution is 0.620. The van der Waals surface area contributed by atoms with Crippen LogP contribution in [0.3, 0.4) is 0 Å². The van der Waals surface area contributed by atoms with E-state index in [-0.39, 0.29) is 0 Å². The second-order valence-corrected chi connectivity index (χ2v) is 12.7. The standard InChI is InChI=1S/C46H29N5O/c1-4-13-30(14-5-1)31-23-25-33(26-24-31)43-48-44(35-27-28-38-41(29-35)52-45(47-38)34-17-8-3-9-18-34)50-46(49-43)51-39-21-11-10-19-37(39)42-36(20-12-22-40(42)51)32-15-6-2-7-16-32/h1-29H. The molecule has 3 heterocycles. The van der Waals surface area contributed by atoms with Gasteiger partial charge in [-0.3, -0.25) is 4.57 Å². The van der Waals surface area contributed by atoms with Gasteiger partial charge >= 0.3 is 0 Å². The third-order valence-electron chi connectivity index (χ3n) is 9.52. The predicted molar refractivity (Wildman–Crippen MR) is 209 cm³/mol. The highest BCUT2D eigenvalue weighted by atomic mass is 16.3. The Bertz CT molecular complexity index is 2880. The summed E-state index contributed by atoms with van der Waals surface area (Å²) in [7, 11) is 0. The Balaban J connectivity index is 1.19. The summed E-state index contributed by atoms with van der Waals surface area (Å²) in [4.78, 5) is 20.2. The number of oxazole rings is 1. The molecule has 0 aliphatic carbocycles. The van der Waals surface area contributed by atoms with Crippen molar-refractivity contribution in [3.63, 3.8) is 0 Å². The summed E-state index contributed by atoms with van der Waals surface area (Å²) in [5.41, 5.74) is 10.7. The van der Waals surface area contributed by atoms with E-state index in [2.05, 4.69) is 120 Å². The van der Waals surface area contributed by atoms with Crippen molar-refractivity contribution < 1.29 is 4.42 Å². The lowest BCUT2D eigenvalue weighted by atomic mass is 9.99. The molecule has 10 rings (SSSR count). The minimum Gasteiger partial charge on any atom is -0.436 e. The van der Waals surface area contributed by atoms with Crippen molar-refractivity contribution in [1.29, 1.82) is 0 Å². The van der Waals surface area contributed by atoms with Crippen LogP contribution in [0.5, 0.6) is 0 Å². The maximum Gasteiger partial charge on any atom is 0.238 e. The Morgan fingerprint density at radius 2 is 0.981 bits per heavy atom. The number of rotatable bonds is 6. The summed E-state index contributed by atoms with van der Waals surface area (Å²) in [5.74, 6) is 2.22. The molecule has 244 valence electrons. The Hall–Kier alpha value is -7.18. The molecule has 0 N–H and O–H groups in total.